The highest BCUT2D eigenvalue weighted by atomic mass is 16.3. The third kappa shape index (κ3) is 3.44. The molecule has 0 radical (unpaired) electrons. The minimum atomic E-state index is 0.230. The van der Waals surface area contributed by atoms with Crippen LogP contribution in [0.15, 0.2) is 24.5 Å². The quantitative estimate of drug-likeness (QED) is 0.746. The molecule has 0 amide bonds. The Morgan fingerprint density at radius 1 is 1.50 bits per heavy atom. The molecule has 1 aromatic rings. The molecule has 0 fully saturated rings. The van der Waals surface area contributed by atoms with Crippen molar-refractivity contribution in [2.45, 2.75) is 32.4 Å². The van der Waals surface area contributed by atoms with E-state index < -0.39 is 0 Å². The van der Waals surface area contributed by atoms with Gasteiger partial charge in [-0.1, -0.05) is 6.07 Å². The van der Waals surface area contributed by atoms with E-state index in [2.05, 4.69) is 30.2 Å². The van der Waals surface area contributed by atoms with Gasteiger partial charge in [0.2, 0.25) is 0 Å². The molecule has 0 spiro atoms. The first-order chi connectivity index (χ1) is 6.74. The fourth-order valence-corrected chi connectivity index (χ4v) is 1.43. The molecular formula is C11H18N2O. The minimum absolute atomic E-state index is 0.230. The Balaban J connectivity index is 2.46. The summed E-state index contributed by atoms with van der Waals surface area (Å²) in [5.41, 5.74) is 1.18. The molecule has 0 bridgehead atoms. The highest BCUT2D eigenvalue weighted by molar-refractivity contribution is 5.12. The monoisotopic (exact) mass is 194 g/mol. The van der Waals surface area contributed by atoms with Gasteiger partial charge in [0, 0.05) is 31.1 Å². The van der Waals surface area contributed by atoms with Gasteiger partial charge in [0.1, 0.15) is 0 Å². The summed E-state index contributed by atoms with van der Waals surface area (Å²) in [4.78, 5) is 4.07. The Morgan fingerprint density at radius 2 is 2.29 bits per heavy atom. The molecule has 78 valence electrons. The number of nitrogens with one attached hydrogen (secondary N) is 1. The van der Waals surface area contributed by atoms with Crippen LogP contribution in [0.2, 0.25) is 0 Å². The number of aliphatic hydroxyl groups is 1. The smallest absolute Gasteiger partial charge is 0.0445 e. The van der Waals surface area contributed by atoms with Crippen molar-refractivity contribution in [2.24, 2.45) is 0 Å². The van der Waals surface area contributed by atoms with Gasteiger partial charge in [-0.3, -0.25) is 4.98 Å². The van der Waals surface area contributed by atoms with Gasteiger partial charge >= 0.3 is 0 Å². The van der Waals surface area contributed by atoms with E-state index in [9.17, 15) is 0 Å². The van der Waals surface area contributed by atoms with Crippen LogP contribution in [-0.2, 0) is 0 Å². The zero-order valence-corrected chi connectivity index (χ0v) is 8.77. The van der Waals surface area contributed by atoms with E-state index in [1.54, 1.807) is 6.20 Å². The van der Waals surface area contributed by atoms with E-state index in [0.29, 0.717) is 6.04 Å². The van der Waals surface area contributed by atoms with Crippen molar-refractivity contribution in [2.75, 3.05) is 6.61 Å². The first-order valence-corrected chi connectivity index (χ1v) is 5.01. The van der Waals surface area contributed by atoms with Crippen LogP contribution < -0.4 is 5.32 Å². The molecule has 0 saturated heterocycles. The molecule has 2 N–H and O–H groups in total. The summed E-state index contributed by atoms with van der Waals surface area (Å²) in [5, 5.41) is 12.2. The third-order valence-corrected chi connectivity index (χ3v) is 2.28. The lowest BCUT2D eigenvalue weighted by Gasteiger charge is -2.19. The number of nitrogens with zero attached hydrogens (tertiary/aromatic N) is 1. The van der Waals surface area contributed by atoms with Crippen molar-refractivity contribution in [3.63, 3.8) is 0 Å². The van der Waals surface area contributed by atoms with Crippen LogP contribution in [0.5, 0.6) is 0 Å². The highest BCUT2D eigenvalue weighted by Crippen LogP contribution is 2.11. The summed E-state index contributed by atoms with van der Waals surface area (Å²) in [6.45, 7) is 4.40. The Morgan fingerprint density at radius 3 is 2.86 bits per heavy atom. The molecule has 0 aliphatic carbocycles. The Labute approximate surface area is 85.2 Å². The number of hydrogen-bond donors (Lipinski definition) is 2. The van der Waals surface area contributed by atoms with Crippen LogP contribution in [0.25, 0.3) is 0 Å². The lowest BCUT2D eigenvalue weighted by Crippen LogP contribution is -2.29. The zero-order chi connectivity index (χ0) is 10.4. The molecule has 2 unspecified atom stereocenters. The summed E-state index contributed by atoms with van der Waals surface area (Å²) < 4.78 is 0. The molecule has 1 aromatic heterocycles. The maximum absolute atomic E-state index is 8.77. The van der Waals surface area contributed by atoms with Gasteiger partial charge < -0.3 is 10.4 Å². The highest BCUT2D eigenvalue weighted by Gasteiger charge is 2.08. The summed E-state index contributed by atoms with van der Waals surface area (Å²) >= 11 is 0. The van der Waals surface area contributed by atoms with Crippen LogP contribution in [0.3, 0.4) is 0 Å². The summed E-state index contributed by atoms with van der Waals surface area (Å²) in [6.07, 6.45) is 4.42. The molecule has 1 rings (SSSR count). The van der Waals surface area contributed by atoms with Crippen molar-refractivity contribution >= 4 is 0 Å². The molecule has 3 heteroatoms. The third-order valence-electron chi connectivity index (χ3n) is 2.28. The Kier molecular flexibility index (Phi) is 4.56. The normalized spacial score (nSPS) is 15.1. The zero-order valence-electron chi connectivity index (χ0n) is 8.77. The second-order valence-electron chi connectivity index (χ2n) is 3.59. The Hall–Kier alpha value is -0.930. The first-order valence-electron chi connectivity index (χ1n) is 5.01. The molecule has 0 saturated carbocycles. The number of aromatic nitrogens is 1. The molecule has 1 heterocycles. The molecule has 0 aromatic carbocycles. The van der Waals surface area contributed by atoms with E-state index in [-0.39, 0.29) is 12.6 Å². The SMILES string of the molecule is CC(CCO)NC(C)c1cccnc1. The van der Waals surface area contributed by atoms with Crippen molar-refractivity contribution in [3.8, 4) is 0 Å². The fraction of sp³-hybridized carbons (Fsp3) is 0.545. The van der Waals surface area contributed by atoms with E-state index in [0.717, 1.165) is 6.42 Å². The summed E-state index contributed by atoms with van der Waals surface area (Å²) in [7, 11) is 0. The molecule has 2 atom stereocenters. The maximum atomic E-state index is 8.77. The second-order valence-corrected chi connectivity index (χ2v) is 3.59. The minimum Gasteiger partial charge on any atom is -0.396 e. The molecular weight excluding hydrogens is 176 g/mol. The lowest BCUT2D eigenvalue weighted by atomic mass is 10.1. The number of pyridine rings is 1. The van der Waals surface area contributed by atoms with Crippen LogP contribution in [0, 0.1) is 0 Å². The average molecular weight is 194 g/mol. The number of rotatable bonds is 5. The predicted molar refractivity (Wildman–Crippen MR) is 57.0 cm³/mol. The van der Waals surface area contributed by atoms with Gasteiger partial charge in [0.15, 0.2) is 0 Å². The first kappa shape index (κ1) is 11.1. The van der Waals surface area contributed by atoms with Gasteiger partial charge in [0.05, 0.1) is 0 Å². The standard InChI is InChI=1S/C11H18N2O/c1-9(5-7-14)13-10(2)11-4-3-6-12-8-11/h3-4,6,8-10,13-14H,5,7H2,1-2H3. The van der Waals surface area contributed by atoms with Crippen LogP contribution in [-0.4, -0.2) is 22.7 Å². The molecule has 0 aliphatic rings. The molecule has 14 heavy (non-hydrogen) atoms. The van der Waals surface area contributed by atoms with Crippen LogP contribution in [0.1, 0.15) is 31.9 Å². The van der Waals surface area contributed by atoms with E-state index in [4.69, 9.17) is 5.11 Å². The van der Waals surface area contributed by atoms with Crippen LogP contribution >= 0.6 is 0 Å². The number of aliphatic hydroxyl groups excluding tert-OH is 1. The Bertz CT molecular complexity index is 251. The van der Waals surface area contributed by atoms with Gasteiger partial charge in [0.25, 0.3) is 0 Å². The van der Waals surface area contributed by atoms with Gasteiger partial charge in [-0.25, -0.2) is 0 Å². The fourth-order valence-electron chi connectivity index (χ4n) is 1.43. The van der Waals surface area contributed by atoms with E-state index >= 15 is 0 Å². The van der Waals surface area contributed by atoms with Crippen molar-refractivity contribution in [3.05, 3.63) is 30.1 Å². The topological polar surface area (TPSA) is 45.1 Å². The van der Waals surface area contributed by atoms with Crippen molar-refractivity contribution in [1.29, 1.82) is 0 Å². The number of hydrogen-bond acceptors (Lipinski definition) is 3. The maximum Gasteiger partial charge on any atom is 0.0445 e. The van der Waals surface area contributed by atoms with E-state index in [1.165, 1.54) is 5.56 Å². The summed E-state index contributed by atoms with van der Waals surface area (Å²) in [6, 6.07) is 4.60. The second kappa shape index (κ2) is 5.73. The van der Waals surface area contributed by atoms with Gasteiger partial charge in [-0.05, 0) is 31.9 Å². The lowest BCUT2D eigenvalue weighted by molar-refractivity contribution is 0.264. The predicted octanol–water partition coefficient (Wildman–Crippen LogP) is 1.50. The van der Waals surface area contributed by atoms with Crippen LogP contribution in [0.4, 0.5) is 0 Å². The van der Waals surface area contributed by atoms with Gasteiger partial charge in [-0.2, -0.15) is 0 Å². The van der Waals surface area contributed by atoms with E-state index in [1.807, 2.05) is 12.3 Å². The summed E-state index contributed by atoms with van der Waals surface area (Å²) in [5.74, 6) is 0. The van der Waals surface area contributed by atoms with Gasteiger partial charge in [-0.15, -0.1) is 0 Å². The molecule has 0 aliphatic heterocycles. The average Bonchev–Trinajstić information content (AvgIpc) is 2.19. The van der Waals surface area contributed by atoms with Crippen molar-refractivity contribution < 1.29 is 5.11 Å². The molecule has 3 nitrogen and oxygen atoms in total. The van der Waals surface area contributed by atoms with Crippen molar-refractivity contribution in [1.82, 2.24) is 10.3 Å². The largest absolute Gasteiger partial charge is 0.396 e.